The van der Waals surface area contributed by atoms with Gasteiger partial charge in [-0.1, -0.05) is 60.2 Å². The monoisotopic (exact) mass is 277 g/mol. The quantitative estimate of drug-likeness (QED) is 0.776. The van der Waals surface area contributed by atoms with Crippen LogP contribution >= 0.6 is 0 Å². The van der Waals surface area contributed by atoms with E-state index in [2.05, 4.69) is 49.4 Å². The molecule has 2 nitrogen and oxygen atoms in total. The average Bonchev–Trinajstić information content (AvgIpc) is 2.52. The van der Waals surface area contributed by atoms with Crippen LogP contribution < -0.4 is 10.5 Å². The van der Waals surface area contributed by atoms with Crippen molar-refractivity contribution in [2.75, 3.05) is 0 Å². The lowest BCUT2D eigenvalue weighted by molar-refractivity contribution is 0.303. The molecule has 0 heterocycles. The van der Waals surface area contributed by atoms with Crippen molar-refractivity contribution < 1.29 is 4.74 Å². The third-order valence-electron chi connectivity index (χ3n) is 3.68. The number of hydrogen-bond donors (Lipinski definition) is 1. The minimum Gasteiger partial charge on any atom is -0.489 e. The van der Waals surface area contributed by atoms with E-state index in [1.165, 1.54) is 21.9 Å². The number of hydrogen-bond acceptors (Lipinski definition) is 2. The maximum Gasteiger partial charge on any atom is 0.124 e. The molecule has 0 fully saturated rings. The van der Waals surface area contributed by atoms with Crippen molar-refractivity contribution in [2.45, 2.75) is 20.1 Å². The molecule has 0 aliphatic heterocycles. The molecule has 0 radical (unpaired) electrons. The molecule has 0 spiro atoms. The molecule has 0 aliphatic rings. The zero-order chi connectivity index (χ0) is 14.7. The first kappa shape index (κ1) is 13.7. The van der Waals surface area contributed by atoms with Gasteiger partial charge in [0, 0.05) is 12.1 Å². The van der Waals surface area contributed by atoms with Crippen molar-refractivity contribution in [1.82, 2.24) is 0 Å². The van der Waals surface area contributed by atoms with Crippen LogP contribution in [-0.4, -0.2) is 0 Å². The summed E-state index contributed by atoms with van der Waals surface area (Å²) in [6.07, 6.45) is 0. The number of benzene rings is 3. The molecule has 0 atom stereocenters. The van der Waals surface area contributed by atoms with Crippen molar-refractivity contribution in [1.29, 1.82) is 0 Å². The normalized spacial score (nSPS) is 10.8. The summed E-state index contributed by atoms with van der Waals surface area (Å²) in [7, 11) is 0. The van der Waals surface area contributed by atoms with Crippen LogP contribution in [0.2, 0.25) is 0 Å². The van der Waals surface area contributed by atoms with Gasteiger partial charge in [0.2, 0.25) is 0 Å². The van der Waals surface area contributed by atoms with Crippen molar-refractivity contribution in [3.63, 3.8) is 0 Å². The summed E-state index contributed by atoms with van der Waals surface area (Å²) in [5, 5.41) is 2.36. The molecule has 3 aromatic rings. The standard InChI is InChI=1S/C19H19NO/c1-14-5-4-6-15(11-14)13-21-19-10-9-16-7-2-3-8-17(16)18(19)12-20/h2-11H,12-13,20H2,1H3. The molecule has 106 valence electrons. The summed E-state index contributed by atoms with van der Waals surface area (Å²) in [4.78, 5) is 0. The Labute approximate surface area is 125 Å². The molecule has 0 amide bonds. The van der Waals surface area contributed by atoms with Gasteiger partial charge in [-0.15, -0.1) is 0 Å². The van der Waals surface area contributed by atoms with Gasteiger partial charge in [0.05, 0.1) is 0 Å². The lowest BCUT2D eigenvalue weighted by Crippen LogP contribution is -2.03. The van der Waals surface area contributed by atoms with E-state index in [9.17, 15) is 0 Å². The van der Waals surface area contributed by atoms with Crippen molar-refractivity contribution in [3.8, 4) is 5.75 Å². The van der Waals surface area contributed by atoms with Crippen molar-refractivity contribution in [2.24, 2.45) is 5.73 Å². The van der Waals surface area contributed by atoms with Gasteiger partial charge < -0.3 is 10.5 Å². The highest BCUT2D eigenvalue weighted by atomic mass is 16.5. The molecule has 21 heavy (non-hydrogen) atoms. The fourth-order valence-electron chi connectivity index (χ4n) is 2.62. The van der Waals surface area contributed by atoms with Gasteiger partial charge >= 0.3 is 0 Å². The first-order valence-corrected chi connectivity index (χ1v) is 7.17. The van der Waals surface area contributed by atoms with Crippen LogP contribution in [-0.2, 0) is 13.2 Å². The topological polar surface area (TPSA) is 35.2 Å². The van der Waals surface area contributed by atoms with E-state index in [0.29, 0.717) is 13.2 Å². The van der Waals surface area contributed by atoms with E-state index >= 15 is 0 Å². The van der Waals surface area contributed by atoms with E-state index in [-0.39, 0.29) is 0 Å². The Morgan fingerprint density at radius 2 is 1.81 bits per heavy atom. The Morgan fingerprint density at radius 1 is 0.952 bits per heavy atom. The van der Waals surface area contributed by atoms with Gasteiger partial charge in [0.25, 0.3) is 0 Å². The van der Waals surface area contributed by atoms with Gasteiger partial charge in [-0.05, 0) is 29.3 Å². The predicted octanol–water partition coefficient (Wildman–Crippen LogP) is 4.19. The number of nitrogens with two attached hydrogens (primary N) is 1. The summed E-state index contributed by atoms with van der Waals surface area (Å²) in [6.45, 7) is 3.13. The second-order valence-corrected chi connectivity index (χ2v) is 5.25. The van der Waals surface area contributed by atoms with E-state index in [1.807, 2.05) is 18.2 Å². The lowest BCUT2D eigenvalue weighted by atomic mass is 10.0. The Kier molecular flexibility index (Phi) is 3.89. The maximum absolute atomic E-state index is 6.00. The zero-order valence-corrected chi connectivity index (χ0v) is 12.2. The minimum atomic E-state index is 0.477. The van der Waals surface area contributed by atoms with Crippen LogP contribution in [0, 0.1) is 6.92 Å². The zero-order valence-electron chi connectivity index (χ0n) is 12.2. The fourth-order valence-corrected chi connectivity index (χ4v) is 2.62. The van der Waals surface area contributed by atoms with E-state index in [4.69, 9.17) is 10.5 Å². The number of rotatable bonds is 4. The molecule has 0 saturated heterocycles. The Hall–Kier alpha value is -2.32. The molecular weight excluding hydrogens is 258 g/mol. The lowest BCUT2D eigenvalue weighted by Gasteiger charge is -2.13. The SMILES string of the molecule is Cc1cccc(COc2ccc3ccccc3c2CN)c1. The highest BCUT2D eigenvalue weighted by Gasteiger charge is 2.07. The van der Waals surface area contributed by atoms with Gasteiger partial charge in [-0.3, -0.25) is 0 Å². The highest BCUT2D eigenvalue weighted by molar-refractivity contribution is 5.87. The molecular formula is C19H19NO. The smallest absolute Gasteiger partial charge is 0.124 e. The summed E-state index contributed by atoms with van der Waals surface area (Å²) in [6, 6.07) is 20.7. The Morgan fingerprint density at radius 3 is 2.62 bits per heavy atom. The Balaban J connectivity index is 1.90. The predicted molar refractivity (Wildman–Crippen MR) is 87.4 cm³/mol. The van der Waals surface area contributed by atoms with Crippen LogP contribution in [0.5, 0.6) is 5.75 Å². The van der Waals surface area contributed by atoms with Crippen LogP contribution in [0.3, 0.4) is 0 Å². The molecule has 3 aromatic carbocycles. The van der Waals surface area contributed by atoms with Crippen LogP contribution in [0.1, 0.15) is 16.7 Å². The summed E-state index contributed by atoms with van der Waals surface area (Å²) in [5.41, 5.74) is 9.42. The van der Waals surface area contributed by atoms with Gasteiger partial charge in [0.15, 0.2) is 0 Å². The third-order valence-corrected chi connectivity index (χ3v) is 3.68. The van der Waals surface area contributed by atoms with E-state index in [0.717, 1.165) is 11.3 Å². The molecule has 2 heteroatoms. The minimum absolute atomic E-state index is 0.477. The summed E-state index contributed by atoms with van der Waals surface area (Å²) in [5.74, 6) is 0.873. The van der Waals surface area contributed by atoms with Gasteiger partial charge in [-0.2, -0.15) is 0 Å². The molecule has 0 unspecified atom stereocenters. The average molecular weight is 277 g/mol. The second kappa shape index (κ2) is 5.98. The second-order valence-electron chi connectivity index (χ2n) is 5.25. The van der Waals surface area contributed by atoms with E-state index < -0.39 is 0 Å². The number of ether oxygens (including phenoxy) is 1. The third kappa shape index (κ3) is 2.91. The Bertz CT molecular complexity index is 764. The molecule has 2 N–H and O–H groups in total. The largest absolute Gasteiger partial charge is 0.489 e. The molecule has 0 bridgehead atoms. The number of fused-ring (bicyclic) bond motifs is 1. The van der Waals surface area contributed by atoms with Crippen molar-refractivity contribution in [3.05, 3.63) is 77.4 Å². The van der Waals surface area contributed by atoms with Crippen LogP contribution in [0.15, 0.2) is 60.7 Å². The van der Waals surface area contributed by atoms with Crippen molar-refractivity contribution >= 4 is 10.8 Å². The maximum atomic E-state index is 6.00. The number of aryl methyl sites for hydroxylation is 1. The molecule has 0 aromatic heterocycles. The first-order chi connectivity index (χ1) is 10.3. The highest BCUT2D eigenvalue weighted by Crippen LogP contribution is 2.28. The van der Waals surface area contributed by atoms with Crippen LogP contribution in [0.4, 0.5) is 0 Å². The molecule has 3 rings (SSSR count). The van der Waals surface area contributed by atoms with Gasteiger partial charge in [0.1, 0.15) is 12.4 Å². The van der Waals surface area contributed by atoms with E-state index in [1.54, 1.807) is 0 Å². The summed E-state index contributed by atoms with van der Waals surface area (Å²) >= 11 is 0. The first-order valence-electron chi connectivity index (χ1n) is 7.17. The van der Waals surface area contributed by atoms with Gasteiger partial charge in [-0.25, -0.2) is 0 Å². The molecule has 0 saturated carbocycles. The fraction of sp³-hybridized carbons (Fsp3) is 0.158. The van der Waals surface area contributed by atoms with Crippen LogP contribution in [0.25, 0.3) is 10.8 Å². The summed E-state index contributed by atoms with van der Waals surface area (Å²) < 4.78 is 6.00. The molecule has 0 aliphatic carbocycles.